The van der Waals surface area contributed by atoms with Crippen LogP contribution in [0.25, 0.3) is 32.9 Å². The van der Waals surface area contributed by atoms with Gasteiger partial charge in [0, 0.05) is 39.8 Å². The van der Waals surface area contributed by atoms with Gasteiger partial charge in [0.05, 0.1) is 10.9 Å². The van der Waals surface area contributed by atoms with Crippen LogP contribution in [0, 0.1) is 9.39 Å². The molecule has 9 heteroatoms. The minimum Gasteiger partial charge on any atom is -0.461 e. The fourth-order valence-electron chi connectivity index (χ4n) is 7.57. The minimum absolute atomic E-state index is 0.0485. The van der Waals surface area contributed by atoms with Crippen molar-refractivity contribution in [2.75, 3.05) is 52.3 Å². The molecule has 7 nitrogen and oxygen atoms in total. The van der Waals surface area contributed by atoms with Crippen LogP contribution >= 0.6 is 22.6 Å². The summed E-state index contributed by atoms with van der Waals surface area (Å²) in [5.41, 5.74) is 1.45. The standard InChI is InChI=1S/C33H38FIN6O/c1-39(2)32(13-6-14-32)20-40(3)30-24-19-36-28(23-11-4-9-22-10-5-12-25(35)26(22)23)27(34)29(24)37-31(38-30)42-21-33-15-7-17-41(33)18-8-16-33/h4-5,9-12,19H,6-8,13-18,20-21H2,1-3H3. The van der Waals surface area contributed by atoms with Crippen LogP contribution in [0.5, 0.6) is 6.01 Å². The van der Waals surface area contributed by atoms with Crippen molar-refractivity contribution < 1.29 is 9.13 Å². The molecule has 0 spiro atoms. The Balaban J connectivity index is 1.34. The molecule has 4 aromatic rings. The zero-order valence-corrected chi connectivity index (χ0v) is 26.8. The van der Waals surface area contributed by atoms with E-state index >= 15 is 4.39 Å². The van der Waals surface area contributed by atoms with Gasteiger partial charge in [-0.1, -0.05) is 30.3 Å². The lowest BCUT2D eigenvalue weighted by molar-refractivity contribution is 0.0681. The molecule has 0 unspecified atom stereocenters. The van der Waals surface area contributed by atoms with E-state index in [1.54, 1.807) is 6.20 Å². The number of fused-ring (bicyclic) bond motifs is 3. The molecule has 1 aliphatic carbocycles. The van der Waals surface area contributed by atoms with E-state index in [4.69, 9.17) is 19.7 Å². The Morgan fingerprint density at radius 1 is 0.976 bits per heavy atom. The predicted molar refractivity (Wildman–Crippen MR) is 175 cm³/mol. The van der Waals surface area contributed by atoms with Crippen LogP contribution in [0.4, 0.5) is 10.2 Å². The smallest absolute Gasteiger partial charge is 0.319 e. The number of nitrogens with zero attached hydrogens (tertiary/aromatic N) is 6. The second kappa shape index (κ2) is 10.8. The van der Waals surface area contributed by atoms with Gasteiger partial charge in [-0.15, -0.1) is 0 Å². The number of benzene rings is 2. The van der Waals surface area contributed by atoms with Gasteiger partial charge in [-0.3, -0.25) is 9.88 Å². The van der Waals surface area contributed by atoms with Gasteiger partial charge < -0.3 is 14.5 Å². The fourth-order valence-corrected chi connectivity index (χ4v) is 8.37. The predicted octanol–water partition coefficient (Wildman–Crippen LogP) is 6.52. The lowest BCUT2D eigenvalue weighted by Gasteiger charge is -2.49. The molecule has 4 heterocycles. The second-order valence-electron chi connectivity index (χ2n) is 12.7. The van der Waals surface area contributed by atoms with Gasteiger partial charge in [0.1, 0.15) is 23.6 Å². The molecular weight excluding hydrogens is 642 g/mol. The molecule has 2 aromatic carbocycles. The molecular formula is C33H38FIN6O. The summed E-state index contributed by atoms with van der Waals surface area (Å²) < 4.78 is 24.2. The Morgan fingerprint density at radius 2 is 1.71 bits per heavy atom. The van der Waals surface area contributed by atoms with Crippen LogP contribution in [-0.4, -0.2) is 83.2 Å². The van der Waals surface area contributed by atoms with E-state index in [2.05, 4.69) is 63.5 Å². The highest BCUT2D eigenvalue weighted by Crippen LogP contribution is 2.41. The number of likely N-dealkylation sites (N-methyl/N-ethyl adjacent to an activating group) is 2. The van der Waals surface area contributed by atoms with Crippen molar-refractivity contribution in [3.63, 3.8) is 0 Å². The molecule has 2 saturated heterocycles. The Kier molecular flexibility index (Phi) is 7.25. The van der Waals surface area contributed by atoms with Crippen LogP contribution in [-0.2, 0) is 0 Å². The van der Waals surface area contributed by atoms with E-state index in [-0.39, 0.29) is 22.6 Å². The van der Waals surface area contributed by atoms with Crippen LogP contribution in [0.2, 0.25) is 0 Å². The van der Waals surface area contributed by atoms with Gasteiger partial charge >= 0.3 is 6.01 Å². The van der Waals surface area contributed by atoms with Crippen molar-refractivity contribution >= 4 is 50.1 Å². The van der Waals surface area contributed by atoms with E-state index in [0.717, 1.165) is 65.2 Å². The maximum Gasteiger partial charge on any atom is 0.319 e. The van der Waals surface area contributed by atoms with Crippen molar-refractivity contribution in [3.05, 3.63) is 52.0 Å². The van der Waals surface area contributed by atoms with Gasteiger partial charge in [-0.25, -0.2) is 4.39 Å². The number of hydrogen-bond acceptors (Lipinski definition) is 7. The third kappa shape index (κ3) is 4.63. The summed E-state index contributed by atoms with van der Waals surface area (Å²) in [5.74, 6) is 0.231. The van der Waals surface area contributed by atoms with E-state index < -0.39 is 5.82 Å². The number of rotatable bonds is 8. The molecule has 3 fully saturated rings. The normalized spacial score (nSPS) is 19.4. The fraction of sp³-hybridized carbons (Fsp3) is 0.485. The van der Waals surface area contributed by atoms with Crippen LogP contribution in [0.15, 0.2) is 42.6 Å². The quantitative estimate of drug-likeness (QED) is 0.197. The highest BCUT2D eigenvalue weighted by atomic mass is 127. The molecule has 220 valence electrons. The average molecular weight is 681 g/mol. The molecule has 1 saturated carbocycles. The highest BCUT2D eigenvalue weighted by molar-refractivity contribution is 14.1. The van der Waals surface area contributed by atoms with Gasteiger partial charge in [0.15, 0.2) is 5.82 Å². The Labute approximate surface area is 260 Å². The lowest BCUT2D eigenvalue weighted by Crippen LogP contribution is -2.56. The molecule has 42 heavy (non-hydrogen) atoms. The summed E-state index contributed by atoms with van der Waals surface area (Å²) in [5, 5.41) is 2.66. The first-order valence-corrected chi connectivity index (χ1v) is 16.2. The summed E-state index contributed by atoms with van der Waals surface area (Å²) >= 11 is 2.32. The first-order chi connectivity index (χ1) is 20.3. The van der Waals surface area contributed by atoms with Crippen molar-refractivity contribution in [3.8, 4) is 17.3 Å². The summed E-state index contributed by atoms with van der Waals surface area (Å²) in [6.07, 6.45) is 9.85. The number of pyridine rings is 1. The van der Waals surface area contributed by atoms with Crippen molar-refractivity contribution in [1.82, 2.24) is 24.8 Å². The van der Waals surface area contributed by atoms with E-state index in [1.165, 1.54) is 19.3 Å². The zero-order chi connectivity index (χ0) is 29.1. The zero-order valence-electron chi connectivity index (χ0n) is 24.7. The summed E-state index contributed by atoms with van der Waals surface area (Å²) in [6, 6.07) is 12.3. The monoisotopic (exact) mass is 680 g/mol. The molecule has 0 N–H and O–H groups in total. The lowest BCUT2D eigenvalue weighted by atomic mass is 9.75. The minimum atomic E-state index is -0.436. The molecule has 0 bridgehead atoms. The first kappa shape index (κ1) is 28.2. The van der Waals surface area contributed by atoms with Crippen molar-refractivity contribution in [2.45, 2.75) is 56.0 Å². The number of halogens is 2. The van der Waals surface area contributed by atoms with E-state index in [9.17, 15) is 0 Å². The Morgan fingerprint density at radius 3 is 2.40 bits per heavy atom. The van der Waals surface area contributed by atoms with Gasteiger partial charge in [0.2, 0.25) is 0 Å². The average Bonchev–Trinajstić information content (AvgIpc) is 3.54. The van der Waals surface area contributed by atoms with Gasteiger partial charge in [-0.2, -0.15) is 9.97 Å². The maximum atomic E-state index is 16.7. The SMILES string of the molecule is CN(CC1(N(C)C)CCC1)c1nc(OCC23CCCN2CCC3)nc2c(F)c(-c3cccc4cccc(I)c34)ncc12. The maximum absolute atomic E-state index is 16.7. The number of anilines is 1. The molecule has 0 atom stereocenters. The van der Waals surface area contributed by atoms with E-state index in [1.807, 2.05) is 31.3 Å². The third-order valence-electron chi connectivity index (χ3n) is 10.2. The number of ether oxygens (including phenoxy) is 1. The largest absolute Gasteiger partial charge is 0.461 e. The molecule has 2 aliphatic heterocycles. The number of hydrogen-bond donors (Lipinski definition) is 0. The summed E-state index contributed by atoms with van der Waals surface area (Å²) in [6.45, 7) is 3.56. The number of aromatic nitrogens is 3. The third-order valence-corrected chi connectivity index (χ3v) is 11.1. The van der Waals surface area contributed by atoms with Gasteiger partial charge in [-0.05, 0) is 106 Å². The first-order valence-electron chi connectivity index (χ1n) is 15.1. The summed E-state index contributed by atoms with van der Waals surface area (Å²) in [7, 11) is 6.34. The van der Waals surface area contributed by atoms with Gasteiger partial charge in [0.25, 0.3) is 0 Å². The van der Waals surface area contributed by atoms with E-state index in [0.29, 0.717) is 23.5 Å². The molecule has 0 amide bonds. The van der Waals surface area contributed by atoms with Crippen LogP contribution in [0.3, 0.4) is 0 Å². The molecule has 0 radical (unpaired) electrons. The molecule has 2 aromatic heterocycles. The Hall–Kier alpha value is -2.63. The van der Waals surface area contributed by atoms with Crippen LogP contribution in [0.1, 0.15) is 44.9 Å². The summed E-state index contributed by atoms with van der Waals surface area (Å²) in [4.78, 5) is 21.4. The van der Waals surface area contributed by atoms with Crippen molar-refractivity contribution in [1.29, 1.82) is 0 Å². The second-order valence-corrected chi connectivity index (χ2v) is 13.9. The molecule has 3 aliphatic rings. The van der Waals surface area contributed by atoms with Crippen molar-refractivity contribution in [2.24, 2.45) is 0 Å². The van der Waals surface area contributed by atoms with Crippen LogP contribution < -0.4 is 9.64 Å². The Bertz CT molecular complexity index is 1640. The topological polar surface area (TPSA) is 57.6 Å². The molecule has 7 rings (SSSR count). The highest BCUT2D eigenvalue weighted by Gasteiger charge is 2.45.